The molecule has 0 saturated carbocycles. The third kappa shape index (κ3) is 9.92. The van der Waals surface area contributed by atoms with Crippen LogP contribution < -0.4 is 0 Å². The van der Waals surface area contributed by atoms with Gasteiger partial charge >= 0.3 is 0 Å². The first kappa shape index (κ1) is 14.4. The van der Waals surface area contributed by atoms with Gasteiger partial charge in [0.2, 0.25) is 0 Å². The van der Waals surface area contributed by atoms with Gasteiger partial charge in [-0.2, -0.15) is 0 Å². The molecular formula is C10H25NO. The van der Waals surface area contributed by atoms with E-state index in [2.05, 4.69) is 16.6 Å². The van der Waals surface area contributed by atoms with E-state index in [-0.39, 0.29) is 0 Å². The fraction of sp³-hybridized carbons (Fsp3) is 1.00. The van der Waals surface area contributed by atoms with Crippen LogP contribution in [0.1, 0.15) is 33.6 Å². The highest BCUT2D eigenvalue weighted by molar-refractivity contribution is 4.62. The van der Waals surface area contributed by atoms with Gasteiger partial charge in [0.1, 0.15) is 0 Å². The Morgan fingerprint density at radius 3 is 1.58 bits per heavy atom. The third-order valence-corrected chi connectivity index (χ3v) is 1.65. The van der Waals surface area contributed by atoms with Crippen LogP contribution in [0.15, 0.2) is 0 Å². The lowest BCUT2D eigenvalue weighted by molar-refractivity contribution is 0.277. The SMILES string of the molecule is CC.CCN1CCCC1.COC. The number of methoxy groups -OCH3 is 1. The van der Waals surface area contributed by atoms with Crippen LogP contribution in [0.3, 0.4) is 0 Å². The topological polar surface area (TPSA) is 12.5 Å². The second-order valence-corrected chi connectivity index (χ2v) is 2.55. The van der Waals surface area contributed by atoms with E-state index in [1.807, 2.05) is 13.8 Å². The van der Waals surface area contributed by atoms with Crippen LogP contribution in [0.2, 0.25) is 0 Å². The molecule has 1 saturated heterocycles. The monoisotopic (exact) mass is 175 g/mol. The van der Waals surface area contributed by atoms with Crippen molar-refractivity contribution in [3.63, 3.8) is 0 Å². The lowest BCUT2D eigenvalue weighted by Gasteiger charge is -2.08. The molecule has 0 spiro atoms. The quantitative estimate of drug-likeness (QED) is 0.607. The van der Waals surface area contributed by atoms with Gasteiger partial charge < -0.3 is 9.64 Å². The molecule has 2 nitrogen and oxygen atoms in total. The van der Waals surface area contributed by atoms with Gasteiger partial charge in [-0.05, 0) is 32.5 Å². The molecule has 0 bridgehead atoms. The first-order valence-corrected chi connectivity index (χ1v) is 4.97. The fourth-order valence-corrected chi connectivity index (χ4v) is 1.10. The minimum absolute atomic E-state index is 1.25. The molecule has 0 aromatic carbocycles. The van der Waals surface area contributed by atoms with Crippen LogP contribution >= 0.6 is 0 Å². The smallest absolute Gasteiger partial charge is 0.0351 e. The van der Waals surface area contributed by atoms with Crippen molar-refractivity contribution < 1.29 is 4.74 Å². The van der Waals surface area contributed by atoms with E-state index in [4.69, 9.17) is 0 Å². The molecule has 0 aromatic heterocycles. The Hall–Kier alpha value is -0.0800. The number of hydrogen-bond acceptors (Lipinski definition) is 2. The summed E-state index contributed by atoms with van der Waals surface area (Å²) < 4.78 is 4.25. The van der Waals surface area contributed by atoms with E-state index in [0.29, 0.717) is 0 Å². The molecule has 1 aliphatic rings. The maximum absolute atomic E-state index is 4.25. The van der Waals surface area contributed by atoms with Crippen molar-refractivity contribution in [3.05, 3.63) is 0 Å². The minimum Gasteiger partial charge on any atom is -0.388 e. The Morgan fingerprint density at radius 2 is 1.42 bits per heavy atom. The largest absolute Gasteiger partial charge is 0.388 e. The van der Waals surface area contributed by atoms with Gasteiger partial charge in [0.25, 0.3) is 0 Å². The van der Waals surface area contributed by atoms with Crippen molar-refractivity contribution in [2.45, 2.75) is 33.6 Å². The highest BCUT2D eigenvalue weighted by Crippen LogP contribution is 2.04. The lowest BCUT2D eigenvalue weighted by Crippen LogP contribution is -2.17. The maximum atomic E-state index is 4.25. The molecule has 0 aliphatic carbocycles. The Morgan fingerprint density at radius 1 is 1.08 bits per heavy atom. The molecule has 0 unspecified atom stereocenters. The summed E-state index contributed by atoms with van der Waals surface area (Å²) in [6.45, 7) is 10.2. The molecule has 0 radical (unpaired) electrons. The summed E-state index contributed by atoms with van der Waals surface area (Å²) in [6, 6.07) is 0. The van der Waals surface area contributed by atoms with Gasteiger partial charge in [-0.3, -0.25) is 0 Å². The zero-order valence-corrected chi connectivity index (χ0v) is 9.39. The van der Waals surface area contributed by atoms with Crippen molar-refractivity contribution in [3.8, 4) is 0 Å². The average Bonchev–Trinajstić information content (AvgIpc) is 2.61. The first-order chi connectivity index (χ1) is 5.85. The summed E-state index contributed by atoms with van der Waals surface area (Å²) in [6.07, 6.45) is 2.85. The third-order valence-electron chi connectivity index (χ3n) is 1.65. The van der Waals surface area contributed by atoms with Crippen molar-refractivity contribution in [1.29, 1.82) is 0 Å². The molecule has 0 aromatic rings. The van der Waals surface area contributed by atoms with E-state index >= 15 is 0 Å². The zero-order valence-electron chi connectivity index (χ0n) is 9.39. The van der Waals surface area contributed by atoms with Crippen molar-refractivity contribution in [2.24, 2.45) is 0 Å². The molecule has 0 N–H and O–H groups in total. The van der Waals surface area contributed by atoms with Gasteiger partial charge in [-0.1, -0.05) is 20.8 Å². The fourth-order valence-electron chi connectivity index (χ4n) is 1.10. The molecule has 2 heteroatoms. The number of rotatable bonds is 1. The summed E-state index contributed by atoms with van der Waals surface area (Å²) in [4.78, 5) is 2.49. The summed E-state index contributed by atoms with van der Waals surface area (Å²) in [5.74, 6) is 0. The average molecular weight is 175 g/mol. The maximum Gasteiger partial charge on any atom is 0.0351 e. The molecule has 1 rings (SSSR count). The number of ether oxygens (including phenoxy) is 1. The van der Waals surface area contributed by atoms with Crippen LogP contribution in [0.25, 0.3) is 0 Å². The second kappa shape index (κ2) is 13.5. The Labute approximate surface area is 77.9 Å². The minimum atomic E-state index is 1.25. The van der Waals surface area contributed by atoms with Crippen LogP contribution in [-0.4, -0.2) is 38.8 Å². The zero-order chi connectivity index (χ0) is 9.82. The number of nitrogens with zero attached hydrogens (tertiary/aromatic N) is 1. The normalized spacial score (nSPS) is 15.8. The van der Waals surface area contributed by atoms with Crippen molar-refractivity contribution >= 4 is 0 Å². The Balaban J connectivity index is 0. The van der Waals surface area contributed by atoms with Crippen LogP contribution in [-0.2, 0) is 4.74 Å². The van der Waals surface area contributed by atoms with Crippen molar-refractivity contribution in [2.75, 3.05) is 33.9 Å². The highest BCUT2D eigenvalue weighted by atomic mass is 16.4. The van der Waals surface area contributed by atoms with E-state index in [9.17, 15) is 0 Å². The molecular weight excluding hydrogens is 150 g/mol. The summed E-state index contributed by atoms with van der Waals surface area (Å²) in [5.41, 5.74) is 0. The summed E-state index contributed by atoms with van der Waals surface area (Å²) >= 11 is 0. The lowest BCUT2D eigenvalue weighted by atomic mass is 10.4. The molecule has 0 amide bonds. The van der Waals surface area contributed by atoms with Gasteiger partial charge in [0.05, 0.1) is 0 Å². The molecule has 1 fully saturated rings. The predicted molar refractivity (Wildman–Crippen MR) is 55.6 cm³/mol. The standard InChI is InChI=1S/C6H13N.C2H6O.C2H6/c1-2-7-5-3-4-6-7;1-3-2;1-2/h2-6H2,1H3;1-2H3;1-2H3. The Bertz CT molecular complexity index is 60.9. The molecule has 1 heterocycles. The van der Waals surface area contributed by atoms with Crippen LogP contribution in [0.4, 0.5) is 0 Å². The van der Waals surface area contributed by atoms with Gasteiger partial charge in [-0.15, -0.1) is 0 Å². The summed E-state index contributed by atoms with van der Waals surface area (Å²) in [7, 11) is 3.25. The van der Waals surface area contributed by atoms with E-state index < -0.39 is 0 Å². The first-order valence-electron chi connectivity index (χ1n) is 4.97. The molecule has 1 aliphatic heterocycles. The predicted octanol–water partition coefficient (Wildman–Crippen LogP) is 2.39. The highest BCUT2D eigenvalue weighted by Gasteiger charge is 2.06. The van der Waals surface area contributed by atoms with Gasteiger partial charge in [0.15, 0.2) is 0 Å². The second-order valence-electron chi connectivity index (χ2n) is 2.55. The number of hydrogen-bond donors (Lipinski definition) is 0. The van der Waals surface area contributed by atoms with Crippen LogP contribution in [0.5, 0.6) is 0 Å². The molecule has 76 valence electrons. The summed E-state index contributed by atoms with van der Waals surface area (Å²) in [5, 5.41) is 0. The molecule has 12 heavy (non-hydrogen) atoms. The van der Waals surface area contributed by atoms with E-state index in [1.165, 1.54) is 32.5 Å². The number of likely N-dealkylation sites (tertiary alicyclic amines) is 1. The van der Waals surface area contributed by atoms with Gasteiger partial charge in [-0.25, -0.2) is 0 Å². The van der Waals surface area contributed by atoms with E-state index in [1.54, 1.807) is 14.2 Å². The van der Waals surface area contributed by atoms with Crippen molar-refractivity contribution in [1.82, 2.24) is 4.90 Å². The van der Waals surface area contributed by atoms with Gasteiger partial charge in [0, 0.05) is 14.2 Å². The Kier molecular flexibility index (Phi) is 16.3. The molecule has 0 atom stereocenters. The van der Waals surface area contributed by atoms with Crippen LogP contribution in [0, 0.1) is 0 Å². The van der Waals surface area contributed by atoms with E-state index in [0.717, 1.165) is 0 Å².